The molecule has 100 valence electrons. The molecule has 0 saturated heterocycles. The fourth-order valence-corrected chi connectivity index (χ4v) is 1.66. The molecule has 0 saturated carbocycles. The van der Waals surface area contributed by atoms with Gasteiger partial charge in [-0.2, -0.15) is 0 Å². The molecule has 1 heterocycles. The molecule has 19 heavy (non-hydrogen) atoms. The highest BCUT2D eigenvalue weighted by Gasteiger charge is 2.13. The van der Waals surface area contributed by atoms with Crippen molar-refractivity contribution in [3.63, 3.8) is 0 Å². The lowest BCUT2D eigenvalue weighted by Crippen LogP contribution is -2.10. The quantitative estimate of drug-likeness (QED) is 0.919. The molecule has 0 aliphatic rings. The van der Waals surface area contributed by atoms with Crippen molar-refractivity contribution in [2.45, 2.75) is 32.8 Å². The SMILES string of the molecule is CC(C)(C)c1ccc(Oc2cncc(CO)n2)cc1. The molecule has 0 unspecified atom stereocenters. The van der Waals surface area contributed by atoms with Crippen molar-refractivity contribution < 1.29 is 9.84 Å². The van der Waals surface area contributed by atoms with Gasteiger partial charge in [-0.15, -0.1) is 0 Å². The van der Waals surface area contributed by atoms with Gasteiger partial charge in [0.05, 0.1) is 24.7 Å². The van der Waals surface area contributed by atoms with Crippen LogP contribution in [-0.2, 0) is 12.0 Å². The number of hydrogen-bond donors (Lipinski definition) is 1. The van der Waals surface area contributed by atoms with Crippen molar-refractivity contribution in [3.8, 4) is 11.6 Å². The Morgan fingerprint density at radius 3 is 2.37 bits per heavy atom. The molecular formula is C15H18N2O2. The van der Waals surface area contributed by atoms with Crippen LogP contribution in [0.3, 0.4) is 0 Å². The number of nitrogens with zero attached hydrogens (tertiary/aromatic N) is 2. The average molecular weight is 258 g/mol. The largest absolute Gasteiger partial charge is 0.437 e. The molecule has 1 N–H and O–H groups in total. The Hall–Kier alpha value is -1.94. The maximum Gasteiger partial charge on any atom is 0.238 e. The molecule has 1 aromatic carbocycles. The Morgan fingerprint density at radius 1 is 1.11 bits per heavy atom. The zero-order valence-corrected chi connectivity index (χ0v) is 11.4. The van der Waals surface area contributed by atoms with E-state index in [2.05, 4.69) is 30.7 Å². The van der Waals surface area contributed by atoms with Crippen LogP contribution >= 0.6 is 0 Å². The molecular weight excluding hydrogens is 240 g/mol. The molecule has 0 aliphatic heterocycles. The van der Waals surface area contributed by atoms with Crippen LogP contribution in [0.25, 0.3) is 0 Å². The summed E-state index contributed by atoms with van der Waals surface area (Å²) in [6, 6.07) is 7.90. The van der Waals surface area contributed by atoms with Crippen molar-refractivity contribution >= 4 is 0 Å². The molecule has 0 aliphatic carbocycles. The summed E-state index contributed by atoms with van der Waals surface area (Å²) in [5.74, 6) is 1.09. The average Bonchev–Trinajstić information content (AvgIpc) is 2.38. The van der Waals surface area contributed by atoms with Crippen molar-refractivity contribution in [1.29, 1.82) is 0 Å². The van der Waals surface area contributed by atoms with E-state index in [0.717, 1.165) is 0 Å². The Balaban J connectivity index is 2.15. The highest BCUT2D eigenvalue weighted by molar-refractivity contribution is 5.33. The second-order valence-corrected chi connectivity index (χ2v) is 5.38. The van der Waals surface area contributed by atoms with E-state index in [4.69, 9.17) is 9.84 Å². The molecule has 0 atom stereocenters. The van der Waals surface area contributed by atoms with Crippen LogP contribution in [0.2, 0.25) is 0 Å². The number of aliphatic hydroxyl groups excluding tert-OH is 1. The number of benzene rings is 1. The maximum absolute atomic E-state index is 9.00. The maximum atomic E-state index is 9.00. The van der Waals surface area contributed by atoms with Crippen molar-refractivity contribution in [1.82, 2.24) is 9.97 Å². The standard InChI is InChI=1S/C15H18N2O2/c1-15(2,3)11-4-6-13(7-5-11)19-14-9-16-8-12(10-18)17-14/h4-9,18H,10H2,1-3H3. The molecule has 0 fully saturated rings. The molecule has 4 heteroatoms. The summed E-state index contributed by atoms with van der Waals surface area (Å²) in [6.45, 7) is 6.35. The first kappa shape index (κ1) is 13.5. The lowest BCUT2D eigenvalue weighted by atomic mass is 9.87. The summed E-state index contributed by atoms with van der Waals surface area (Å²) in [5.41, 5.74) is 1.86. The molecule has 2 rings (SSSR count). The van der Waals surface area contributed by atoms with E-state index in [1.165, 1.54) is 18.0 Å². The van der Waals surface area contributed by atoms with Gasteiger partial charge in [-0.3, -0.25) is 4.98 Å². The summed E-state index contributed by atoms with van der Waals surface area (Å²) in [4.78, 5) is 8.08. The zero-order valence-electron chi connectivity index (χ0n) is 11.4. The number of aliphatic hydroxyl groups is 1. The van der Waals surface area contributed by atoms with Crippen LogP contribution < -0.4 is 4.74 Å². The Labute approximate surface area is 113 Å². The molecule has 0 radical (unpaired) electrons. The van der Waals surface area contributed by atoms with Crippen LogP contribution in [-0.4, -0.2) is 15.1 Å². The molecule has 2 aromatic rings. The first-order valence-corrected chi connectivity index (χ1v) is 6.19. The lowest BCUT2D eigenvalue weighted by Gasteiger charge is -2.19. The van der Waals surface area contributed by atoms with Crippen LogP contribution in [0, 0.1) is 0 Å². The van der Waals surface area contributed by atoms with Gasteiger partial charge < -0.3 is 9.84 Å². The van der Waals surface area contributed by atoms with Gasteiger partial charge in [0.1, 0.15) is 5.75 Å². The minimum absolute atomic E-state index is 0.120. The van der Waals surface area contributed by atoms with E-state index in [1.807, 2.05) is 24.3 Å². The van der Waals surface area contributed by atoms with Gasteiger partial charge in [0, 0.05) is 0 Å². The van der Waals surface area contributed by atoms with Crippen molar-refractivity contribution in [2.75, 3.05) is 0 Å². The Morgan fingerprint density at radius 2 is 1.79 bits per heavy atom. The van der Waals surface area contributed by atoms with Crippen molar-refractivity contribution in [2.24, 2.45) is 0 Å². The van der Waals surface area contributed by atoms with Gasteiger partial charge in [-0.05, 0) is 23.1 Å². The summed E-state index contributed by atoms with van der Waals surface area (Å²) in [6.07, 6.45) is 3.03. The van der Waals surface area contributed by atoms with Gasteiger partial charge in [0.2, 0.25) is 5.88 Å². The number of hydrogen-bond acceptors (Lipinski definition) is 4. The smallest absolute Gasteiger partial charge is 0.238 e. The monoisotopic (exact) mass is 258 g/mol. The molecule has 0 amide bonds. The highest BCUT2D eigenvalue weighted by Crippen LogP contribution is 2.26. The predicted octanol–water partition coefficient (Wildman–Crippen LogP) is 3.06. The second-order valence-electron chi connectivity index (χ2n) is 5.38. The van der Waals surface area contributed by atoms with Gasteiger partial charge in [0.15, 0.2) is 0 Å². The van der Waals surface area contributed by atoms with Crippen molar-refractivity contribution in [3.05, 3.63) is 47.9 Å². The van der Waals surface area contributed by atoms with E-state index >= 15 is 0 Å². The predicted molar refractivity (Wildman–Crippen MR) is 73.2 cm³/mol. The third kappa shape index (κ3) is 3.51. The summed E-state index contributed by atoms with van der Waals surface area (Å²) < 4.78 is 5.60. The van der Waals surface area contributed by atoms with E-state index in [9.17, 15) is 0 Å². The lowest BCUT2D eigenvalue weighted by molar-refractivity contribution is 0.274. The van der Waals surface area contributed by atoms with Crippen LogP contribution in [0.15, 0.2) is 36.7 Å². The number of ether oxygens (including phenoxy) is 1. The Kier molecular flexibility index (Phi) is 3.81. The zero-order chi connectivity index (χ0) is 13.9. The second kappa shape index (κ2) is 5.36. The van der Waals surface area contributed by atoms with E-state index in [0.29, 0.717) is 17.3 Å². The third-order valence-electron chi connectivity index (χ3n) is 2.77. The van der Waals surface area contributed by atoms with E-state index in [-0.39, 0.29) is 12.0 Å². The molecule has 4 nitrogen and oxygen atoms in total. The number of rotatable bonds is 3. The van der Waals surface area contributed by atoms with Gasteiger partial charge in [0.25, 0.3) is 0 Å². The fourth-order valence-electron chi connectivity index (χ4n) is 1.66. The fraction of sp³-hybridized carbons (Fsp3) is 0.333. The Bertz CT molecular complexity index is 545. The van der Waals surface area contributed by atoms with E-state index < -0.39 is 0 Å². The first-order valence-electron chi connectivity index (χ1n) is 6.19. The summed E-state index contributed by atoms with van der Waals surface area (Å²) in [5, 5.41) is 9.00. The van der Waals surface area contributed by atoms with Gasteiger partial charge >= 0.3 is 0 Å². The minimum atomic E-state index is -0.146. The summed E-state index contributed by atoms with van der Waals surface area (Å²) >= 11 is 0. The van der Waals surface area contributed by atoms with E-state index in [1.54, 1.807) is 0 Å². The normalized spacial score (nSPS) is 11.4. The van der Waals surface area contributed by atoms with Gasteiger partial charge in [-0.1, -0.05) is 32.9 Å². The minimum Gasteiger partial charge on any atom is -0.437 e. The van der Waals surface area contributed by atoms with Crippen LogP contribution in [0.1, 0.15) is 32.0 Å². The van der Waals surface area contributed by atoms with Crippen LogP contribution in [0.4, 0.5) is 0 Å². The third-order valence-corrected chi connectivity index (χ3v) is 2.77. The molecule has 0 bridgehead atoms. The van der Waals surface area contributed by atoms with Crippen LogP contribution in [0.5, 0.6) is 11.6 Å². The molecule has 0 spiro atoms. The topological polar surface area (TPSA) is 55.2 Å². The first-order chi connectivity index (χ1) is 8.99. The summed E-state index contributed by atoms with van der Waals surface area (Å²) in [7, 11) is 0. The van der Waals surface area contributed by atoms with Gasteiger partial charge in [-0.25, -0.2) is 4.98 Å². The molecule has 1 aromatic heterocycles. The highest BCUT2D eigenvalue weighted by atomic mass is 16.5. The number of aromatic nitrogens is 2.